The number of amides is 1. The lowest BCUT2D eigenvalue weighted by Crippen LogP contribution is -2.31. The summed E-state index contributed by atoms with van der Waals surface area (Å²) in [5.41, 5.74) is 6.79. The maximum atomic E-state index is 12.6. The average Bonchev–Trinajstić information content (AvgIpc) is 3.68. The Morgan fingerprint density at radius 3 is 2.69 bits per heavy atom. The van der Waals surface area contributed by atoms with Gasteiger partial charge in [0, 0.05) is 60.3 Å². The molecule has 2 fully saturated rings. The second-order valence-electron chi connectivity index (χ2n) is 10.6. The smallest absolute Gasteiger partial charge is 0.227 e. The number of nitrogens with zero attached hydrogens (tertiary/aromatic N) is 5. The Labute approximate surface area is 226 Å². The van der Waals surface area contributed by atoms with Gasteiger partial charge in [-0.1, -0.05) is 12.8 Å². The number of hydrogen-bond acceptors (Lipinski definition) is 8. The maximum Gasteiger partial charge on any atom is 0.227 e. The lowest BCUT2D eigenvalue weighted by Gasteiger charge is -2.31. The molecule has 1 aliphatic carbocycles. The van der Waals surface area contributed by atoms with Crippen molar-refractivity contribution in [2.45, 2.75) is 44.9 Å². The van der Waals surface area contributed by atoms with Gasteiger partial charge < -0.3 is 20.9 Å². The van der Waals surface area contributed by atoms with Crippen molar-refractivity contribution in [1.82, 2.24) is 25.1 Å². The second kappa shape index (κ2) is 10.0. The molecule has 0 radical (unpaired) electrons. The number of carbonyl (C=O) groups excluding carboxylic acids is 1. The third-order valence-electron chi connectivity index (χ3n) is 7.96. The summed E-state index contributed by atoms with van der Waals surface area (Å²) < 4.78 is 0. The van der Waals surface area contributed by atoms with Crippen molar-refractivity contribution >= 4 is 45.5 Å². The van der Waals surface area contributed by atoms with E-state index in [0.29, 0.717) is 11.3 Å². The Morgan fingerprint density at radius 2 is 1.82 bits per heavy atom. The van der Waals surface area contributed by atoms with Crippen molar-refractivity contribution in [3.8, 4) is 11.1 Å². The van der Waals surface area contributed by atoms with Gasteiger partial charge in [0.05, 0.1) is 29.0 Å². The number of aromatic amines is 1. The van der Waals surface area contributed by atoms with Gasteiger partial charge in [-0.25, -0.2) is 9.97 Å². The summed E-state index contributed by atoms with van der Waals surface area (Å²) in [4.78, 5) is 28.6. The predicted molar refractivity (Wildman–Crippen MR) is 153 cm³/mol. The number of hydrogen-bond donors (Lipinski definition) is 4. The monoisotopic (exact) mass is 521 g/mol. The van der Waals surface area contributed by atoms with E-state index in [4.69, 9.17) is 0 Å². The zero-order valence-corrected chi connectivity index (χ0v) is 21.7. The van der Waals surface area contributed by atoms with E-state index >= 15 is 0 Å². The van der Waals surface area contributed by atoms with Crippen molar-refractivity contribution < 1.29 is 4.79 Å². The van der Waals surface area contributed by atoms with Crippen LogP contribution in [-0.2, 0) is 4.79 Å². The second-order valence-corrected chi connectivity index (χ2v) is 10.6. The molecule has 7 rings (SSSR count). The number of carbonyl (C=O) groups is 1. The Balaban J connectivity index is 1.16. The number of aromatic nitrogens is 5. The van der Waals surface area contributed by atoms with E-state index in [1.54, 1.807) is 18.6 Å². The predicted octanol–water partition coefficient (Wildman–Crippen LogP) is 5.37. The van der Waals surface area contributed by atoms with Crippen molar-refractivity contribution in [3.05, 3.63) is 54.9 Å². The minimum atomic E-state index is 0.0823. The topological polar surface area (TPSA) is 124 Å². The lowest BCUT2D eigenvalue weighted by molar-refractivity contribution is -0.119. The van der Waals surface area contributed by atoms with Crippen LogP contribution >= 0.6 is 0 Å². The van der Waals surface area contributed by atoms with E-state index in [0.717, 1.165) is 83.9 Å². The first kappa shape index (κ1) is 23.6. The average molecular weight is 522 g/mol. The standard InChI is InChI=1S/C29H31N9O/c39-29(18-6-2-3-7-18)34-21-12-19(14-30-16-21)20-13-22-25(36-37-27(22)33-15-20)24-17-32-26-23(35-24)8-9-31-28(26)38-10-4-1-5-11-38/h8-9,12-18,32,35H,1-7,10-11H2,(H,34,39)(H,33,36,37). The molecule has 0 unspecified atom stereocenters. The van der Waals surface area contributed by atoms with Crippen LogP contribution in [0.4, 0.5) is 22.9 Å². The van der Waals surface area contributed by atoms with Crippen LogP contribution in [0.3, 0.4) is 0 Å². The first-order valence-electron chi connectivity index (χ1n) is 13.8. The molecule has 1 saturated heterocycles. The first-order chi connectivity index (χ1) is 19.2. The molecule has 0 spiro atoms. The zero-order valence-electron chi connectivity index (χ0n) is 21.7. The number of fused-ring (bicyclic) bond motifs is 2. The fourth-order valence-corrected chi connectivity index (χ4v) is 5.86. The summed E-state index contributed by atoms with van der Waals surface area (Å²) >= 11 is 0. The number of pyridine rings is 3. The Kier molecular flexibility index (Phi) is 6.07. The van der Waals surface area contributed by atoms with Gasteiger partial charge in [0.2, 0.25) is 5.91 Å². The molecule has 2 aliphatic heterocycles. The SMILES string of the molecule is O=C(Nc1cncc(-c2cnc3n[nH]c(C4=CNc5c(ccnc5N5CCCCC5)N4)c3c2)c1)C1CCCC1. The number of rotatable bonds is 5. The van der Waals surface area contributed by atoms with Crippen LogP contribution in [0.2, 0.25) is 0 Å². The zero-order chi connectivity index (χ0) is 26.2. The third kappa shape index (κ3) is 4.56. The molecule has 0 atom stereocenters. The van der Waals surface area contributed by atoms with Gasteiger partial charge in [0.15, 0.2) is 11.5 Å². The minimum absolute atomic E-state index is 0.0823. The van der Waals surface area contributed by atoms with E-state index in [-0.39, 0.29) is 11.8 Å². The van der Waals surface area contributed by atoms with Gasteiger partial charge in [-0.15, -0.1) is 0 Å². The Morgan fingerprint density at radius 1 is 0.974 bits per heavy atom. The molecule has 6 heterocycles. The summed E-state index contributed by atoms with van der Waals surface area (Å²) in [6, 6.07) is 6.00. The minimum Gasteiger partial charge on any atom is -0.355 e. The van der Waals surface area contributed by atoms with Gasteiger partial charge in [0.1, 0.15) is 5.69 Å². The van der Waals surface area contributed by atoms with Gasteiger partial charge in [-0.2, -0.15) is 5.10 Å². The summed E-state index contributed by atoms with van der Waals surface area (Å²) in [7, 11) is 0. The van der Waals surface area contributed by atoms with E-state index in [2.05, 4.69) is 52.1 Å². The number of H-pyrrole nitrogens is 1. The van der Waals surface area contributed by atoms with Crippen LogP contribution in [-0.4, -0.2) is 44.1 Å². The molecule has 0 aromatic carbocycles. The number of piperidine rings is 1. The molecule has 4 aromatic rings. The molecule has 39 heavy (non-hydrogen) atoms. The third-order valence-corrected chi connectivity index (χ3v) is 7.96. The van der Waals surface area contributed by atoms with E-state index in [1.165, 1.54) is 19.3 Å². The van der Waals surface area contributed by atoms with Crippen LogP contribution in [0.5, 0.6) is 0 Å². The van der Waals surface area contributed by atoms with Crippen LogP contribution < -0.4 is 20.9 Å². The van der Waals surface area contributed by atoms with Crippen LogP contribution in [0.1, 0.15) is 50.6 Å². The number of anilines is 4. The molecular formula is C29H31N9O. The molecule has 4 aromatic heterocycles. The van der Waals surface area contributed by atoms with Crippen molar-refractivity contribution in [2.75, 3.05) is 33.9 Å². The largest absolute Gasteiger partial charge is 0.355 e. The van der Waals surface area contributed by atoms with E-state index < -0.39 is 0 Å². The molecule has 1 saturated carbocycles. The first-order valence-corrected chi connectivity index (χ1v) is 13.8. The summed E-state index contributed by atoms with van der Waals surface area (Å²) in [6.07, 6.45) is 16.9. The van der Waals surface area contributed by atoms with Crippen LogP contribution in [0.15, 0.2) is 49.2 Å². The Bertz CT molecular complexity index is 1560. The van der Waals surface area contributed by atoms with E-state index in [1.807, 2.05) is 24.5 Å². The molecule has 10 heteroatoms. The molecular weight excluding hydrogens is 490 g/mol. The summed E-state index contributed by atoms with van der Waals surface area (Å²) in [5.74, 6) is 1.17. The highest BCUT2D eigenvalue weighted by Crippen LogP contribution is 2.38. The lowest BCUT2D eigenvalue weighted by atomic mass is 10.1. The summed E-state index contributed by atoms with van der Waals surface area (Å²) in [6.45, 7) is 2.06. The van der Waals surface area contributed by atoms with Crippen LogP contribution in [0.25, 0.3) is 27.9 Å². The highest BCUT2D eigenvalue weighted by Gasteiger charge is 2.24. The highest BCUT2D eigenvalue weighted by atomic mass is 16.1. The van der Waals surface area contributed by atoms with Crippen molar-refractivity contribution in [3.63, 3.8) is 0 Å². The molecule has 0 bridgehead atoms. The van der Waals surface area contributed by atoms with Crippen LogP contribution in [0, 0.1) is 5.92 Å². The van der Waals surface area contributed by atoms with Gasteiger partial charge in [-0.3, -0.25) is 14.9 Å². The fraction of sp³-hybridized carbons (Fsp3) is 0.345. The summed E-state index contributed by atoms with van der Waals surface area (Å²) in [5, 5.41) is 18.6. The van der Waals surface area contributed by atoms with Gasteiger partial charge in [0.25, 0.3) is 0 Å². The van der Waals surface area contributed by atoms with Gasteiger partial charge >= 0.3 is 0 Å². The van der Waals surface area contributed by atoms with Gasteiger partial charge in [-0.05, 0) is 50.3 Å². The molecule has 198 valence electrons. The Hall–Kier alpha value is -4.47. The fourth-order valence-electron chi connectivity index (χ4n) is 5.86. The maximum absolute atomic E-state index is 12.6. The highest BCUT2D eigenvalue weighted by molar-refractivity contribution is 5.99. The van der Waals surface area contributed by atoms with E-state index in [9.17, 15) is 4.79 Å². The normalized spacial score (nSPS) is 17.3. The molecule has 1 amide bonds. The molecule has 3 aliphatic rings. The quantitative estimate of drug-likeness (QED) is 0.276. The molecule has 4 N–H and O–H groups in total. The van der Waals surface area contributed by atoms with Crippen molar-refractivity contribution in [2.24, 2.45) is 5.92 Å². The number of nitrogens with one attached hydrogen (secondary N) is 4. The van der Waals surface area contributed by atoms with Crippen molar-refractivity contribution in [1.29, 1.82) is 0 Å². The molecule has 10 nitrogen and oxygen atoms in total.